The van der Waals surface area contributed by atoms with Crippen LogP contribution < -0.4 is 0 Å². The van der Waals surface area contributed by atoms with E-state index in [0.29, 0.717) is 0 Å². The minimum Gasteiger partial charge on any atom is -0.342 e. The largest absolute Gasteiger partial charge is 0.342 e. The lowest BCUT2D eigenvalue weighted by atomic mass is 10.1. The number of halogens is 1. The van der Waals surface area contributed by atoms with Crippen molar-refractivity contribution >= 4 is 33.5 Å². The quantitative estimate of drug-likeness (QED) is 0.596. The van der Waals surface area contributed by atoms with E-state index < -0.39 is 0 Å². The summed E-state index contributed by atoms with van der Waals surface area (Å²) >= 11 is 2.32. The minimum atomic E-state index is 0.752. The fraction of sp³-hybridized carbons (Fsp3) is 0.0625. The highest BCUT2D eigenvalue weighted by Gasteiger charge is 2.17. The zero-order valence-electron chi connectivity index (χ0n) is 10.4. The van der Waals surface area contributed by atoms with Crippen molar-refractivity contribution in [2.45, 2.75) is 0 Å². The van der Waals surface area contributed by atoms with E-state index >= 15 is 0 Å². The lowest BCUT2D eigenvalue weighted by Gasteiger charge is -2.05. The molecule has 0 aliphatic rings. The van der Waals surface area contributed by atoms with Crippen molar-refractivity contribution in [3.05, 3.63) is 57.7 Å². The van der Waals surface area contributed by atoms with E-state index in [4.69, 9.17) is 0 Å². The lowest BCUT2D eigenvalue weighted by Crippen LogP contribution is -1.93. The molecule has 0 bridgehead atoms. The molecule has 0 aliphatic carbocycles. The fourth-order valence-corrected chi connectivity index (χ4v) is 3.37. The molecule has 0 radical (unpaired) electrons. The van der Waals surface area contributed by atoms with E-state index in [1.165, 1.54) is 0 Å². The molecule has 92 valence electrons. The molecule has 0 saturated heterocycles. The van der Waals surface area contributed by atoms with Crippen LogP contribution >= 0.6 is 22.6 Å². The van der Waals surface area contributed by atoms with Crippen LogP contribution in [0.2, 0.25) is 0 Å². The molecule has 0 unspecified atom stereocenters. The Morgan fingerprint density at radius 2 is 1.79 bits per heavy atom. The molecular formula is C16H11IN2. The smallest absolute Gasteiger partial charge is 0.102 e. The van der Waals surface area contributed by atoms with Gasteiger partial charge in [0, 0.05) is 16.0 Å². The summed E-state index contributed by atoms with van der Waals surface area (Å²) < 4.78 is 3.28. The van der Waals surface area contributed by atoms with E-state index in [1.54, 1.807) is 0 Å². The highest BCUT2D eigenvalue weighted by molar-refractivity contribution is 14.1. The molecule has 3 aromatic rings. The number of hydrogen-bond donors (Lipinski definition) is 0. The highest BCUT2D eigenvalue weighted by Crippen LogP contribution is 2.34. The predicted molar refractivity (Wildman–Crippen MR) is 85.8 cm³/mol. The standard InChI is InChI=1S/C16H11IN2/c1-19-15(11-6-3-2-4-7-11)13(10-18)12-8-5-9-14(17)16(12)19/h2-9H,1H3. The molecular weight excluding hydrogens is 347 g/mol. The van der Waals surface area contributed by atoms with Crippen LogP contribution in [0, 0.1) is 14.9 Å². The SMILES string of the molecule is Cn1c(-c2ccccc2)c(C#N)c2cccc(I)c21. The Hall–Kier alpha value is -1.80. The first-order chi connectivity index (χ1) is 9.24. The third kappa shape index (κ3) is 1.83. The number of hydrogen-bond acceptors (Lipinski definition) is 1. The zero-order valence-corrected chi connectivity index (χ0v) is 12.5. The predicted octanol–water partition coefficient (Wildman–Crippen LogP) is 4.32. The Morgan fingerprint density at radius 3 is 2.47 bits per heavy atom. The maximum Gasteiger partial charge on any atom is 0.102 e. The third-order valence-electron chi connectivity index (χ3n) is 3.32. The molecule has 0 N–H and O–H groups in total. The first-order valence-electron chi connectivity index (χ1n) is 5.96. The number of aryl methyl sites for hydroxylation is 1. The zero-order chi connectivity index (χ0) is 13.4. The Bertz CT molecular complexity index is 795. The van der Waals surface area contributed by atoms with Crippen LogP contribution in [0.5, 0.6) is 0 Å². The van der Waals surface area contributed by atoms with Crippen LogP contribution in [0.1, 0.15) is 5.56 Å². The average Bonchev–Trinajstić information content (AvgIpc) is 2.73. The third-order valence-corrected chi connectivity index (χ3v) is 4.19. The second-order valence-corrected chi connectivity index (χ2v) is 5.56. The van der Waals surface area contributed by atoms with E-state index in [0.717, 1.165) is 31.3 Å². The van der Waals surface area contributed by atoms with Gasteiger partial charge >= 0.3 is 0 Å². The minimum absolute atomic E-state index is 0.752. The molecule has 0 atom stereocenters. The van der Waals surface area contributed by atoms with Crippen molar-refractivity contribution in [3.8, 4) is 17.3 Å². The molecule has 0 amide bonds. The topological polar surface area (TPSA) is 28.7 Å². The van der Waals surface area contributed by atoms with E-state index in [2.05, 4.69) is 39.3 Å². The first kappa shape index (κ1) is 12.2. The average molecular weight is 358 g/mol. The van der Waals surface area contributed by atoms with Crippen molar-refractivity contribution in [3.63, 3.8) is 0 Å². The second-order valence-electron chi connectivity index (χ2n) is 4.40. The molecule has 0 aliphatic heterocycles. The van der Waals surface area contributed by atoms with Gasteiger partial charge in [-0.2, -0.15) is 5.26 Å². The van der Waals surface area contributed by atoms with Crippen molar-refractivity contribution in [1.29, 1.82) is 5.26 Å². The van der Waals surface area contributed by atoms with Crippen LogP contribution in [0.3, 0.4) is 0 Å². The van der Waals surface area contributed by atoms with Crippen molar-refractivity contribution in [2.75, 3.05) is 0 Å². The van der Waals surface area contributed by atoms with Crippen molar-refractivity contribution in [2.24, 2.45) is 7.05 Å². The van der Waals surface area contributed by atoms with E-state index in [1.807, 2.05) is 49.5 Å². The summed E-state index contributed by atoms with van der Waals surface area (Å²) in [5, 5.41) is 10.5. The van der Waals surface area contributed by atoms with Gasteiger partial charge in [0.15, 0.2) is 0 Å². The second kappa shape index (κ2) is 4.71. The van der Waals surface area contributed by atoms with Gasteiger partial charge in [0.2, 0.25) is 0 Å². The van der Waals surface area contributed by atoms with Crippen LogP contribution in [-0.2, 0) is 7.05 Å². The fourth-order valence-electron chi connectivity index (χ4n) is 2.51. The summed E-state index contributed by atoms with van der Waals surface area (Å²) in [7, 11) is 2.02. The maximum absolute atomic E-state index is 9.52. The van der Waals surface area contributed by atoms with E-state index in [-0.39, 0.29) is 0 Å². The first-order valence-corrected chi connectivity index (χ1v) is 7.04. The van der Waals surface area contributed by atoms with Gasteiger partial charge in [-0.05, 0) is 34.2 Å². The Labute approximate surface area is 125 Å². The number of benzene rings is 2. The van der Waals surface area contributed by atoms with Crippen LogP contribution in [0.25, 0.3) is 22.2 Å². The van der Waals surface area contributed by atoms with Crippen LogP contribution in [0.4, 0.5) is 0 Å². The van der Waals surface area contributed by atoms with Crippen molar-refractivity contribution in [1.82, 2.24) is 4.57 Å². The molecule has 1 heterocycles. The van der Waals surface area contributed by atoms with Gasteiger partial charge in [-0.3, -0.25) is 0 Å². The molecule has 19 heavy (non-hydrogen) atoms. The molecule has 2 nitrogen and oxygen atoms in total. The molecule has 3 heteroatoms. The number of nitriles is 1. The van der Waals surface area contributed by atoms with Gasteiger partial charge < -0.3 is 4.57 Å². The van der Waals surface area contributed by atoms with Gasteiger partial charge in [-0.1, -0.05) is 42.5 Å². The lowest BCUT2D eigenvalue weighted by molar-refractivity contribution is 0.974. The van der Waals surface area contributed by atoms with Crippen LogP contribution in [-0.4, -0.2) is 4.57 Å². The van der Waals surface area contributed by atoms with Gasteiger partial charge in [0.05, 0.1) is 16.8 Å². The summed E-state index contributed by atoms with van der Waals surface area (Å²) in [4.78, 5) is 0. The summed E-state index contributed by atoms with van der Waals surface area (Å²) in [6.45, 7) is 0. The van der Waals surface area contributed by atoms with Gasteiger partial charge in [-0.15, -0.1) is 0 Å². The maximum atomic E-state index is 9.52. The van der Waals surface area contributed by atoms with Crippen LogP contribution in [0.15, 0.2) is 48.5 Å². The summed E-state index contributed by atoms with van der Waals surface area (Å²) in [6.07, 6.45) is 0. The molecule has 0 saturated carbocycles. The molecule has 0 spiro atoms. The molecule has 2 aromatic carbocycles. The summed E-state index contributed by atoms with van der Waals surface area (Å²) in [6, 6.07) is 18.5. The van der Waals surface area contributed by atoms with Crippen molar-refractivity contribution < 1.29 is 0 Å². The molecule has 1 aromatic heterocycles. The Kier molecular flexibility index (Phi) is 3.03. The number of aromatic nitrogens is 1. The number of nitrogens with zero attached hydrogens (tertiary/aromatic N) is 2. The Balaban J connectivity index is 2.47. The molecule has 0 fully saturated rings. The monoisotopic (exact) mass is 358 g/mol. The number of para-hydroxylation sites is 1. The summed E-state index contributed by atoms with van der Waals surface area (Å²) in [5.41, 5.74) is 3.94. The van der Waals surface area contributed by atoms with E-state index in [9.17, 15) is 5.26 Å². The normalized spacial score (nSPS) is 10.6. The van der Waals surface area contributed by atoms with Gasteiger partial charge in [-0.25, -0.2) is 0 Å². The number of fused-ring (bicyclic) bond motifs is 1. The van der Waals surface area contributed by atoms with Gasteiger partial charge in [0.25, 0.3) is 0 Å². The summed E-state index contributed by atoms with van der Waals surface area (Å²) in [5.74, 6) is 0. The highest BCUT2D eigenvalue weighted by atomic mass is 127. The molecule has 3 rings (SSSR count). The Morgan fingerprint density at radius 1 is 1.05 bits per heavy atom. The van der Waals surface area contributed by atoms with Gasteiger partial charge in [0.1, 0.15) is 6.07 Å². The number of rotatable bonds is 1.